The van der Waals surface area contributed by atoms with Crippen molar-refractivity contribution in [2.45, 2.75) is 12.5 Å². The molecular formula is C14H13BrCl2N2. The van der Waals surface area contributed by atoms with Crippen molar-refractivity contribution in [1.29, 1.82) is 0 Å². The zero-order chi connectivity index (χ0) is 13.8. The smallest absolute Gasteiger partial charge is 0.0501 e. The number of hydrogen-bond acceptors (Lipinski definition) is 2. The zero-order valence-corrected chi connectivity index (χ0v) is 13.1. The molecule has 19 heavy (non-hydrogen) atoms. The molecule has 100 valence electrons. The highest BCUT2D eigenvalue weighted by molar-refractivity contribution is 9.10. The number of nitrogens with one attached hydrogen (secondary N) is 1. The highest BCUT2D eigenvalue weighted by atomic mass is 79.9. The normalized spacial score (nSPS) is 12.4. The van der Waals surface area contributed by atoms with Crippen molar-refractivity contribution in [2.75, 3.05) is 0 Å². The minimum Gasteiger partial charge on any atom is -0.271 e. The summed E-state index contributed by atoms with van der Waals surface area (Å²) < 4.78 is 0.932. The summed E-state index contributed by atoms with van der Waals surface area (Å²) in [4.78, 5) is 0. The lowest BCUT2D eigenvalue weighted by molar-refractivity contribution is 0.552. The van der Waals surface area contributed by atoms with E-state index in [0.29, 0.717) is 5.02 Å². The Morgan fingerprint density at radius 3 is 2.53 bits per heavy atom. The van der Waals surface area contributed by atoms with Gasteiger partial charge in [-0.2, -0.15) is 0 Å². The van der Waals surface area contributed by atoms with E-state index in [9.17, 15) is 0 Å². The Morgan fingerprint density at radius 1 is 1.11 bits per heavy atom. The standard InChI is InChI=1S/C14H13BrCl2N2/c15-11-6-10(7-13(17)8-11)14(19-18)5-9-2-1-3-12(16)4-9/h1-4,6-8,14,19H,5,18H2. The van der Waals surface area contributed by atoms with Crippen LogP contribution in [0.15, 0.2) is 46.9 Å². The number of rotatable bonds is 4. The molecule has 0 amide bonds. The van der Waals surface area contributed by atoms with Crippen molar-refractivity contribution in [1.82, 2.24) is 5.43 Å². The van der Waals surface area contributed by atoms with Crippen molar-refractivity contribution < 1.29 is 0 Å². The van der Waals surface area contributed by atoms with Gasteiger partial charge in [0.1, 0.15) is 0 Å². The van der Waals surface area contributed by atoms with Crippen molar-refractivity contribution in [3.8, 4) is 0 Å². The van der Waals surface area contributed by atoms with Gasteiger partial charge in [-0.3, -0.25) is 11.3 Å². The van der Waals surface area contributed by atoms with Gasteiger partial charge in [-0.05, 0) is 47.9 Å². The summed E-state index contributed by atoms with van der Waals surface area (Å²) in [6.07, 6.45) is 0.740. The van der Waals surface area contributed by atoms with Crippen LogP contribution in [-0.2, 0) is 6.42 Å². The third-order valence-electron chi connectivity index (χ3n) is 2.82. The number of hydrogen-bond donors (Lipinski definition) is 2. The Kier molecular flexibility index (Phi) is 5.25. The molecule has 1 unspecified atom stereocenters. The zero-order valence-electron chi connectivity index (χ0n) is 10.0. The van der Waals surface area contributed by atoms with E-state index in [1.165, 1.54) is 0 Å². The van der Waals surface area contributed by atoms with Gasteiger partial charge in [0.15, 0.2) is 0 Å². The van der Waals surface area contributed by atoms with Crippen molar-refractivity contribution in [2.24, 2.45) is 5.84 Å². The summed E-state index contributed by atoms with van der Waals surface area (Å²) in [5.41, 5.74) is 4.96. The molecule has 1 atom stereocenters. The van der Waals surface area contributed by atoms with Crippen molar-refractivity contribution in [3.05, 3.63) is 68.1 Å². The Hall–Kier alpha value is -0.580. The lowest BCUT2D eigenvalue weighted by Gasteiger charge is -2.17. The quantitative estimate of drug-likeness (QED) is 0.622. The van der Waals surface area contributed by atoms with E-state index < -0.39 is 0 Å². The minimum atomic E-state index is -0.0199. The fourth-order valence-corrected chi connectivity index (χ4v) is 3.05. The molecule has 0 spiro atoms. The van der Waals surface area contributed by atoms with Crippen LogP contribution in [0.1, 0.15) is 17.2 Å². The lowest BCUT2D eigenvalue weighted by atomic mass is 9.99. The number of nitrogens with two attached hydrogens (primary N) is 1. The molecule has 2 nitrogen and oxygen atoms in total. The first kappa shape index (κ1) is 14.8. The van der Waals surface area contributed by atoms with Crippen LogP contribution in [0.3, 0.4) is 0 Å². The molecule has 0 aromatic heterocycles. The number of benzene rings is 2. The van der Waals surface area contributed by atoms with Crippen molar-refractivity contribution in [3.63, 3.8) is 0 Å². The van der Waals surface area contributed by atoms with Gasteiger partial charge in [-0.1, -0.05) is 51.3 Å². The molecular weight excluding hydrogens is 347 g/mol. The van der Waals surface area contributed by atoms with Gasteiger partial charge in [0.25, 0.3) is 0 Å². The predicted molar refractivity (Wildman–Crippen MR) is 84.4 cm³/mol. The fraction of sp³-hybridized carbons (Fsp3) is 0.143. The molecule has 5 heteroatoms. The summed E-state index contributed by atoms with van der Waals surface area (Å²) >= 11 is 15.5. The molecule has 0 bridgehead atoms. The topological polar surface area (TPSA) is 38.0 Å². The summed E-state index contributed by atoms with van der Waals surface area (Å²) in [6.45, 7) is 0. The van der Waals surface area contributed by atoms with Crippen LogP contribution in [0.25, 0.3) is 0 Å². The second kappa shape index (κ2) is 6.73. The van der Waals surface area contributed by atoms with E-state index in [1.54, 1.807) is 0 Å². The summed E-state index contributed by atoms with van der Waals surface area (Å²) in [7, 11) is 0. The average molecular weight is 360 g/mol. The maximum Gasteiger partial charge on any atom is 0.0501 e. The predicted octanol–water partition coefficient (Wildman–Crippen LogP) is 4.50. The Balaban J connectivity index is 2.24. The molecule has 0 radical (unpaired) electrons. The maximum absolute atomic E-state index is 6.06. The van der Waals surface area contributed by atoms with Crippen LogP contribution < -0.4 is 11.3 Å². The average Bonchev–Trinajstić information content (AvgIpc) is 2.34. The monoisotopic (exact) mass is 358 g/mol. The second-order valence-electron chi connectivity index (χ2n) is 4.26. The first-order valence-corrected chi connectivity index (χ1v) is 7.30. The van der Waals surface area contributed by atoms with Crippen LogP contribution in [0, 0.1) is 0 Å². The molecule has 2 rings (SSSR count). The highest BCUT2D eigenvalue weighted by Crippen LogP contribution is 2.26. The Bertz CT molecular complexity index is 555. The van der Waals surface area contributed by atoms with Crippen LogP contribution >= 0.6 is 39.1 Å². The van der Waals surface area contributed by atoms with Gasteiger partial charge in [0.05, 0.1) is 6.04 Å². The molecule has 3 N–H and O–H groups in total. The number of halogens is 3. The lowest BCUT2D eigenvalue weighted by Crippen LogP contribution is -2.29. The fourth-order valence-electron chi connectivity index (χ4n) is 1.95. The molecule has 0 saturated carbocycles. The molecule has 0 aliphatic carbocycles. The van der Waals surface area contributed by atoms with Gasteiger partial charge in [-0.15, -0.1) is 0 Å². The molecule has 2 aromatic rings. The van der Waals surface area contributed by atoms with Crippen molar-refractivity contribution >= 4 is 39.1 Å². The Morgan fingerprint density at radius 2 is 1.89 bits per heavy atom. The van der Waals surface area contributed by atoms with E-state index in [1.807, 2.05) is 42.5 Å². The van der Waals surface area contributed by atoms with Gasteiger partial charge < -0.3 is 0 Å². The molecule has 0 fully saturated rings. The van der Waals surface area contributed by atoms with Crippen LogP contribution in [0.2, 0.25) is 10.0 Å². The summed E-state index contributed by atoms with van der Waals surface area (Å²) in [5, 5.41) is 1.40. The largest absolute Gasteiger partial charge is 0.271 e. The van der Waals surface area contributed by atoms with E-state index in [0.717, 1.165) is 27.0 Å². The minimum absolute atomic E-state index is 0.0199. The second-order valence-corrected chi connectivity index (χ2v) is 6.04. The van der Waals surface area contributed by atoms with E-state index in [4.69, 9.17) is 29.0 Å². The van der Waals surface area contributed by atoms with Crippen LogP contribution in [0.5, 0.6) is 0 Å². The van der Waals surface area contributed by atoms with Crippen LogP contribution in [0.4, 0.5) is 0 Å². The Labute approximate surface area is 131 Å². The summed E-state index contributed by atoms with van der Waals surface area (Å²) in [6, 6.07) is 13.5. The van der Waals surface area contributed by atoms with E-state index >= 15 is 0 Å². The third kappa shape index (κ3) is 4.20. The molecule has 0 heterocycles. The molecule has 0 aliphatic heterocycles. The van der Waals surface area contributed by atoms with E-state index in [2.05, 4.69) is 21.4 Å². The highest BCUT2D eigenvalue weighted by Gasteiger charge is 2.12. The van der Waals surface area contributed by atoms with Gasteiger partial charge in [0, 0.05) is 14.5 Å². The molecule has 0 saturated heterocycles. The van der Waals surface area contributed by atoms with Gasteiger partial charge >= 0.3 is 0 Å². The molecule has 2 aromatic carbocycles. The SMILES string of the molecule is NNC(Cc1cccc(Cl)c1)c1cc(Cl)cc(Br)c1. The first-order valence-electron chi connectivity index (χ1n) is 5.75. The number of hydrazine groups is 1. The summed E-state index contributed by atoms with van der Waals surface area (Å²) in [5.74, 6) is 5.65. The molecule has 0 aliphatic rings. The first-order chi connectivity index (χ1) is 9.08. The maximum atomic E-state index is 6.06. The van der Waals surface area contributed by atoms with E-state index in [-0.39, 0.29) is 6.04 Å². The van der Waals surface area contributed by atoms with Gasteiger partial charge in [0.2, 0.25) is 0 Å². The van der Waals surface area contributed by atoms with Crippen LogP contribution in [-0.4, -0.2) is 0 Å². The third-order valence-corrected chi connectivity index (χ3v) is 3.73. The van der Waals surface area contributed by atoms with Gasteiger partial charge in [-0.25, -0.2) is 0 Å².